The first kappa shape index (κ1) is 25.7. The first-order valence-corrected chi connectivity index (χ1v) is 13.9. The summed E-state index contributed by atoms with van der Waals surface area (Å²) in [4.78, 5) is 12.3. The van der Waals surface area contributed by atoms with Crippen molar-refractivity contribution in [2.75, 3.05) is 13.7 Å². The Labute approximate surface area is 180 Å². The van der Waals surface area contributed by atoms with Gasteiger partial charge < -0.3 is 13.9 Å². The molecule has 0 saturated heterocycles. The van der Waals surface area contributed by atoms with Crippen molar-refractivity contribution >= 4 is 15.0 Å². The predicted molar refractivity (Wildman–Crippen MR) is 123 cm³/mol. The molecule has 166 valence electrons. The fourth-order valence-corrected chi connectivity index (χ4v) is 4.23. The van der Waals surface area contributed by atoms with Crippen LogP contribution in [0, 0.1) is 0 Å². The summed E-state index contributed by atoms with van der Waals surface area (Å²) in [6.07, 6.45) is 4.76. The molecule has 0 spiro atoms. The molecule has 1 unspecified atom stereocenters. The van der Waals surface area contributed by atoms with E-state index in [4.69, 9.17) is 13.9 Å². The maximum atomic E-state index is 12.3. The number of unbranched alkanes of at least 4 members (excludes halogenated alkanes) is 2. The maximum Gasteiger partial charge on any atom is 0.306 e. The SMILES string of the molecule is CCCCCC(CC(=O)OCC)c1ccc(C(C)(C)C)c(CO[SiH](C)C)c1OC. The molecule has 1 aromatic rings. The summed E-state index contributed by atoms with van der Waals surface area (Å²) in [5.41, 5.74) is 3.47. The van der Waals surface area contributed by atoms with Gasteiger partial charge in [0.1, 0.15) is 5.75 Å². The van der Waals surface area contributed by atoms with Crippen molar-refractivity contribution in [2.45, 2.75) is 97.8 Å². The lowest BCUT2D eigenvalue weighted by molar-refractivity contribution is -0.143. The Kier molecular flexibility index (Phi) is 11.0. The molecule has 0 heterocycles. The molecule has 1 aromatic carbocycles. The zero-order valence-electron chi connectivity index (χ0n) is 19.9. The topological polar surface area (TPSA) is 44.8 Å². The van der Waals surface area contributed by atoms with E-state index in [-0.39, 0.29) is 17.3 Å². The summed E-state index contributed by atoms with van der Waals surface area (Å²) in [5, 5.41) is 0. The van der Waals surface area contributed by atoms with Gasteiger partial charge in [0.25, 0.3) is 0 Å². The van der Waals surface area contributed by atoms with Crippen LogP contribution in [0.5, 0.6) is 5.75 Å². The number of carbonyl (C=O) groups excluding carboxylic acids is 1. The minimum absolute atomic E-state index is 0.0120. The van der Waals surface area contributed by atoms with E-state index in [0.29, 0.717) is 19.6 Å². The number of hydrogen-bond donors (Lipinski definition) is 0. The van der Waals surface area contributed by atoms with Gasteiger partial charge in [0, 0.05) is 5.56 Å². The van der Waals surface area contributed by atoms with E-state index in [2.05, 4.69) is 52.9 Å². The van der Waals surface area contributed by atoms with Crippen LogP contribution in [0.3, 0.4) is 0 Å². The van der Waals surface area contributed by atoms with Crippen LogP contribution in [0.2, 0.25) is 13.1 Å². The molecule has 0 aliphatic heterocycles. The largest absolute Gasteiger partial charge is 0.496 e. The molecule has 0 N–H and O–H groups in total. The number of rotatable bonds is 12. The molecule has 0 aliphatic carbocycles. The van der Waals surface area contributed by atoms with Gasteiger partial charge in [-0.25, -0.2) is 0 Å². The standard InChI is InChI=1S/C24H42O4Si/c1-9-11-12-13-18(16-22(25)27-10-2)19-14-15-21(24(3,4)5)20(23(19)26-6)17-28-29(7)8/h14-15,18,29H,9-13,16-17H2,1-8H3. The van der Waals surface area contributed by atoms with Crippen molar-refractivity contribution in [3.05, 3.63) is 28.8 Å². The van der Waals surface area contributed by atoms with E-state index < -0.39 is 9.04 Å². The predicted octanol–water partition coefficient (Wildman–Crippen LogP) is 6.11. The van der Waals surface area contributed by atoms with Crippen LogP contribution in [0.25, 0.3) is 0 Å². The summed E-state index contributed by atoms with van der Waals surface area (Å²) >= 11 is 0. The fourth-order valence-electron chi connectivity index (χ4n) is 3.73. The van der Waals surface area contributed by atoms with Gasteiger partial charge in [0.2, 0.25) is 0 Å². The molecule has 0 fully saturated rings. The lowest BCUT2D eigenvalue weighted by Crippen LogP contribution is -2.19. The van der Waals surface area contributed by atoms with Gasteiger partial charge in [-0.15, -0.1) is 0 Å². The second-order valence-corrected chi connectivity index (χ2v) is 11.5. The molecular weight excluding hydrogens is 380 g/mol. The van der Waals surface area contributed by atoms with Crippen LogP contribution in [-0.2, 0) is 26.0 Å². The van der Waals surface area contributed by atoms with Gasteiger partial charge in [-0.2, -0.15) is 0 Å². The minimum Gasteiger partial charge on any atom is -0.496 e. The second kappa shape index (κ2) is 12.4. The normalized spacial score (nSPS) is 12.9. The van der Waals surface area contributed by atoms with Crippen molar-refractivity contribution in [2.24, 2.45) is 0 Å². The molecular formula is C24H42O4Si. The second-order valence-electron chi connectivity index (χ2n) is 9.03. The first-order valence-electron chi connectivity index (χ1n) is 11.1. The minimum atomic E-state index is -1.17. The monoisotopic (exact) mass is 422 g/mol. The van der Waals surface area contributed by atoms with Crippen molar-refractivity contribution in [3.8, 4) is 5.75 Å². The van der Waals surface area contributed by atoms with Gasteiger partial charge in [-0.1, -0.05) is 59.1 Å². The third kappa shape index (κ3) is 8.13. The zero-order valence-corrected chi connectivity index (χ0v) is 21.0. The summed E-state index contributed by atoms with van der Waals surface area (Å²) in [7, 11) is 0.559. The molecule has 29 heavy (non-hydrogen) atoms. The van der Waals surface area contributed by atoms with E-state index in [1.807, 2.05) is 6.92 Å². The van der Waals surface area contributed by atoms with Gasteiger partial charge in [0.05, 0.1) is 26.7 Å². The van der Waals surface area contributed by atoms with Crippen LogP contribution in [0.15, 0.2) is 12.1 Å². The average Bonchev–Trinajstić information content (AvgIpc) is 2.64. The quantitative estimate of drug-likeness (QED) is 0.232. The van der Waals surface area contributed by atoms with Crippen molar-refractivity contribution in [3.63, 3.8) is 0 Å². The molecule has 0 aromatic heterocycles. The Morgan fingerprint density at radius 3 is 2.34 bits per heavy atom. The first-order chi connectivity index (χ1) is 13.6. The molecule has 0 aliphatic rings. The number of ether oxygens (including phenoxy) is 2. The lowest BCUT2D eigenvalue weighted by atomic mass is 9.80. The van der Waals surface area contributed by atoms with Crippen molar-refractivity contribution in [1.29, 1.82) is 0 Å². The van der Waals surface area contributed by atoms with E-state index >= 15 is 0 Å². The molecule has 0 radical (unpaired) electrons. The fraction of sp³-hybridized carbons (Fsp3) is 0.708. The average molecular weight is 423 g/mol. The van der Waals surface area contributed by atoms with E-state index in [1.165, 1.54) is 5.56 Å². The number of benzene rings is 1. The number of methoxy groups -OCH3 is 1. The Morgan fingerprint density at radius 2 is 1.83 bits per heavy atom. The van der Waals surface area contributed by atoms with Gasteiger partial charge >= 0.3 is 5.97 Å². The number of esters is 1. The van der Waals surface area contributed by atoms with Gasteiger partial charge in [-0.3, -0.25) is 4.79 Å². The Morgan fingerprint density at radius 1 is 1.14 bits per heavy atom. The van der Waals surface area contributed by atoms with Crippen LogP contribution >= 0.6 is 0 Å². The third-order valence-electron chi connectivity index (χ3n) is 5.18. The molecule has 4 nitrogen and oxygen atoms in total. The smallest absolute Gasteiger partial charge is 0.306 e. The molecule has 0 amide bonds. The summed E-state index contributed by atoms with van der Waals surface area (Å²) in [6, 6.07) is 4.36. The lowest BCUT2D eigenvalue weighted by Gasteiger charge is -2.28. The van der Waals surface area contributed by atoms with E-state index in [0.717, 1.165) is 42.6 Å². The van der Waals surface area contributed by atoms with Crippen LogP contribution in [-0.4, -0.2) is 28.7 Å². The highest BCUT2D eigenvalue weighted by Gasteiger charge is 2.27. The van der Waals surface area contributed by atoms with Crippen LogP contribution < -0.4 is 4.74 Å². The number of hydrogen-bond acceptors (Lipinski definition) is 4. The van der Waals surface area contributed by atoms with Crippen LogP contribution in [0.4, 0.5) is 0 Å². The molecule has 5 heteroatoms. The summed E-state index contributed by atoms with van der Waals surface area (Å²) < 4.78 is 17.3. The van der Waals surface area contributed by atoms with Crippen LogP contribution in [0.1, 0.15) is 89.3 Å². The van der Waals surface area contributed by atoms with E-state index in [9.17, 15) is 4.79 Å². The summed E-state index contributed by atoms with van der Waals surface area (Å²) in [5.74, 6) is 0.848. The van der Waals surface area contributed by atoms with Gasteiger partial charge in [0.15, 0.2) is 9.04 Å². The Balaban J connectivity index is 3.41. The van der Waals surface area contributed by atoms with Gasteiger partial charge in [-0.05, 0) is 48.9 Å². The molecule has 0 saturated carbocycles. The highest BCUT2D eigenvalue weighted by Crippen LogP contribution is 2.40. The number of carbonyl (C=O) groups is 1. The molecule has 1 rings (SSSR count). The Hall–Kier alpha value is -1.33. The molecule has 1 atom stereocenters. The van der Waals surface area contributed by atoms with Crippen molar-refractivity contribution < 1.29 is 18.7 Å². The zero-order chi connectivity index (χ0) is 22.0. The van der Waals surface area contributed by atoms with E-state index in [1.54, 1.807) is 7.11 Å². The Bertz CT molecular complexity index is 635. The highest BCUT2D eigenvalue weighted by molar-refractivity contribution is 6.48. The van der Waals surface area contributed by atoms with Crippen molar-refractivity contribution in [1.82, 2.24) is 0 Å². The highest BCUT2D eigenvalue weighted by atomic mass is 28.3. The molecule has 0 bridgehead atoms. The summed E-state index contributed by atoms with van der Waals surface area (Å²) in [6.45, 7) is 16.0. The third-order valence-corrected chi connectivity index (χ3v) is 6.01. The maximum absolute atomic E-state index is 12.3.